The predicted octanol–water partition coefficient (Wildman–Crippen LogP) is 1.17. The Morgan fingerprint density at radius 1 is 1.12 bits per heavy atom. The van der Waals surface area contributed by atoms with Crippen LogP contribution in [-0.2, 0) is 19.1 Å². The summed E-state index contributed by atoms with van der Waals surface area (Å²) in [6.45, 7) is 5.12. The zero-order chi connectivity index (χ0) is 19.0. The monoisotopic (exact) mass is 385 g/mol. The highest BCUT2D eigenvalue weighted by Gasteiger charge is 2.28. The Bertz CT molecular complexity index is 595. The van der Waals surface area contributed by atoms with Crippen LogP contribution in [0.2, 0.25) is 0 Å². The van der Waals surface area contributed by atoms with Crippen molar-refractivity contribution >= 4 is 30.2 Å². The summed E-state index contributed by atoms with van der Waals surface area (Å²) in [5.41, 5.74) is 6.52. The SMILES string of the molecule is COC(=O)C(C)C(NC(=O)CNC(=O)[C@@H](N)C(C)C)c1ccccc1.Cl. The van der Waals surface area contributed by atoms with E-state index in [-0.39, 0.29) is 30.8 Å². The van der Waals surface area contributed by atoms with Crippen LogP contribution in [0.15, 0.2) is 30.3 Å². The van der Waals surface area contributed by atoms with Crippen molar-refractivity contribution in [3.8, 4) is 0 Å². The lowest BCUT2D eigenvalue weighted by Crippen LogP contribution is -2.48. The van der Waals surface area contributed by atoms with Crippen molar-refractivity contribution in [3.05, 3.63) is 35.9 Å². The normalized spacial score (nSPS) is 13.8. The first kappa shape index (κ1) is 23.9. The van der Waals surface area contributed by atoms with Gasteiger partial charge in [-0.2, -0.15) is 0 Å². The number of ether oxygens (including phenoxy) is 1. The predicted molar refractivity (Wildman–Crippen MR) is 102 cm³/mol. The van der Waals surface area contributed by atoms with Crippen LogP contribution in [0.25, 0.3) is 0 Å². The fraction of sp³-hybridized carbons (Fsp3) is 0.500. The van der Waals surface area contributed by atoms with Crippen LogP contribution in [0.5, 0.6) is 0 Å². The van der Waals surface area contributed by atoms with Crippen molar-refractivity contribution in [2.45, 2.75) is 32.9 Å². The molecule has 1 rings (SSSR count). The van der Waals surface area contributed by atoms with E-state index in [2.05, 4.69) is 10.6 Å². The molecule has 0 saturated heterocycles. The molecule has 0 aliphatic carbocycles. The lowest BCUT2D eigenvalue weighted by atomic mass is 9.94. The fourth-order valence-corrected chi connectivity index (χ4v) is 2.29. The summed E-state index contributed by atoms with van der Waals surface area (Å²) in [6.07, 6.45) is 0. The largest absolute Gasteiger partial charge is 0.469 e. The maximum Gasteiger partial charge on any atom is 0.310 e. The molecular weight excluding hydrogens is 358 g/mol. The molecule has 0 heterocycles. The first-order valence-corrected chi connectivity index (χ1v) is 8.23. The Morgan fingerprint density at radius 3 is 2.19 bits per heavy atom. The summed E-state index contributed by atoms with van der Waals surface area (Å²) in [6, 6.07) is 7.89. The second-order valence-corrected chi connectivity index (χ2v) is 6.26. The van der Waals surface area contributed by atoms with E-state index >= 15 is 0 Å². The van der Waals surface area contributed by atoms with Crippen molar-refractivity contribution < 1.29 is 19.1 Å². The molecule has 3 atom stereocenters. The maximum absolute atomic E-state index is 12.2. The molecule has 2 amide bonds. The number of nitrogens with two attached hydrogens (primary N) is 1. The molecule has 8 heteroatoms. The van der Waals surface area contributed by atoms with E-state index in [9.17, 15) is 14.4 Å². The minimum absolute atomic E-state index is 0. The molecule has 0 spiro atoms. The third kappa shape index (κ3) is 7.01. The lowest BCUT2D eigenvalue weighted by molar-refractivity contribution is -0.146. The Balaban J connectivity index is 0.00000625. The van der Waals surface area contributed by atoms with Crippen LogP contribution in [-0.4, -0.2) is 37.5 Å². The average molecular weight is 386 g/mol. The third-order valence-corrected chi connectivity index (χ3v) is 3.99. The minimum Gasteiger partial charge on any atom is -0.469 e. The van der Waals surface area contributed by atoms with E-state index in [0.29, 0.717) is 0 Å². The Hall–Kier alpha value is -2.12. The van der Waals surface area contributed by atoms with Gasteiger partial charge in [-0.25, -0.2) is 0 Å². The molecule has 0 aliphatic rings. The van der Waals surface area contributed by atoms with Gasteiger partial charge in [0.25, 0.3) is 0 Å². The van der Waals surface area contributed by atoms with Gasteiger partial charge in [-0.3, -0.25) is 14.4 Å². The van der Waals surface area contributed by atoms with Crippen molar-refractivity contribution in [1.29, 1.82) is 0 Å². The number of esters is 1. The maximum atomic E-state index is 12.2. The lowest BCUT2D eigenvalue weighted by Gasteiger charge is -2.24. The number of benzene rings is 1. The van der Waals surface area contributed by atoms with Gasteiger partial charge in [0, 0.05) is 0 Å². The van der Waals surface area contributed by atoms with Crippen LogP contribution in [0.1, 0.15) is 32.4 Å². The summed E-state index contributed by atoms with van der Waals surface area (Å²) in [7, 11) is 1.30. The number of hydrogen-bond acceptors (Lipinski definition) is 5. The molecule has 0 aromatic heterocycles. The topological polar surface area (TPSA) is 111 Å². The van der Waals surface area contributed by atoms with Crippen molar-refractivity contribution in [2.75, 3.05) is 13.7 Å². The number of halogens is 1. The standard InChI is InChI=1S/C18H27N3O4.ClH/c1-11(2)15(19)17(23)20-10-14(22)21-16(12(3)18(24)25-4)13-8-6-5-7-9-13;/h5-9,11-12,15-16H,10,19H2,1-4H3,(H,20,23)(H,21,22);1H/t12?,15-,16?;/m0./s1. The van der Waals surface area contributed by atoms with Gasteiger partial charge in [0.2, 0.25) is 11.8 Å². The molecule has 146 valence electrons. The van der Waals surface area contributed by atoms with Crippen LogP contribution in [0.3, 0.4) is 0 Å². The number of methoxy groups -OCH3 is 1. The molecule has 1 aromatic rings. The smallest absolute Gasteiger partial charge is 0.310 e. The molecule has 26 heavy (non-hydrogen) atoms. The zero-order valence-corrected chi connectivity index (χ0v) is 16.3. The highest BCUT2D eigenvalue weighted by Crippen LogP contribution is 2.22. The molecule has 1 aromatic carbocycles. The Labute approximate surface area is 160 Å². The van der Waals surface area contributed by atoms with Crippen LogP contribution < -0.4 is 16.4 Å². The van der Waals surface area contributed by atoms with E-state index in [1.54, 1.807) is 6.92 Å². The van der Waals surface area contributed by atoms with E-state index < -0.39 is 29.9 Å². The van der Waals surface area contributed by atoms with Gasteiger partial charge in [-0.1, -0.05) is 44.2 Å². The first-order chi connectivity index (χ1) is 11.8. The number of carbonyl (C=O) groups excluding carboxylic acids is 3. The summed E-state index contributed by atoms with van der Waals surface area (Å²) < 4.78 is 4.78. The molecule has 0 saturated carbocycles. The number of hydrogen-bond donors (Lipinski definition) is 3. The van der Waals surface area contributed by atoms with Gasteiger partial charge in [-0.05, 0) is 18.4 Å². The molecule has 0 radical (unpaired) electrons. The molecule has 4 N–H and O–H groups in total. The van der Waals surface area contributed by atoms with Gasteiger partial charge in [0.1, 0.15) is 0 Å². The molecule has 7 nitrogen and oxygen atoms in total. The van der Waals surface area contributed by atoms with Crippen molar-refractivity contribution in [2.24, 2.45) is 17.6 Å². The van der Waals surface area contributed by atoms with E-state index in [1.165, 1.54) is 7.11 Å². The number of nitrogens with one attached hydrogen (secondary N) is 2. The number of carbonyl (C=O) groups is 3. The van der Waals surface area contributed by atoms with Gasteiger partial charge < -0.3 is 21.1 Å². The van der Waals surface area contributed by atoms with Gasteiger partial charge >= 0.3 is 5.97 Å². The second-order valence-electron chi connectivity index (χ2n) is 6.26. The molecule has 0 aliphatic heterocycles. The zero-order valence-electron chi connectivity index (χ0n) is 15.5. The highest BCUT2D eigenvalue weighted by atomic mass is 35.5. The summed E-state index contributed by atoms with van der Waals surface area (Å²) in [5, 5.41) is 5.29. The summed E-state index contributed by atoms with van der Waals surface area (Å²) in [4.78, 5) is 35.9. The summed E-state index contributed by atoms with van der Waals surface area (Å²) >= 11 is 0. The Kier molecular flexibility index (Phi) is 10.6. The Morgan fingerprint density at radius 2 is 1.69 bits per heavy atom. The molecule has 2 unspecified atom stereocenters. The van der Waals surface area contributed by atoms with E-state index in [4.69, 9.17) is 10.5 Å². The molecule has 0 bridgehead atoms. The molecular formula is C18H28ClN3O4. The van der Waals surface area contributed by atoms with Gasteiger partial charge in [-0.15, -0.1) is 12.4 Å². The quantitative estimate of drug-likeness (QED) is 0.582. The first-order valence-electron chi connectivity index (χ1n) is 8.23. The van der Waals surface area contributed by atoms with E-state index in [1.807, 2.05) is 44.2 Å². The minimum atomic E-state index is -0.674. The van der Waals surface area contributed by atoms with Crippen LogP contribution in [0, 0.1) is 11.8 Å². The highest BCUT2D eigenvalue weighted by molar-refractivity contribution is 5.88. The average Bonchev–Trinajstić information content (AvgIpc) is 2.62. The summed E-state index contributed by atoms with van der Waals surface area (Å²) in [5.74, 6) is -1.83. The van der Waals surface area contributed by atoms with Gasteiger partial charge in [0.15, 0.2) is 0 Å². The third-order valence-electron chi connectivity index (χ3n) is 3.99. The molecule has 0 fully saturated rings. The van der Waals surface area contributed by atoms with Crippen LogP contribution >= 0.6 is 12.4 Å². The second kappa shape index (κ2) is 11.5. The van der Waals surface area contributed by atoms with Crippen molar-refractivity contribution in [3.63, 3.8) is 0 Å². The number of rotatable bonds is 8. The van der Waals surface area contributed by atoms with Crippen LogP contribution in [0.4, 0.5) is 0 Å². The van der Waals surface area contributed by atoms with E-state index in [0.717, 1.165) is 5.56 Å². The van der Waals surface area contributed by atoms with Gasteiger partial charge in [0.05, 0.1) is 31.7 Å². The fourth-order valence-electron chi connectivity index (χ4n) is 2.29. The number of amides is 2. The van der Waals surface area contributed by atoms with Crippen molar-refractivity contribution in [1.82, 2.24) is 10.6 Å².